The van der Waals surface area contributed by atoms with Gasteiger partial charge in [-0.3, -0.25) is 4.79 Å². The van der Waals surface area contributed by atoms with Crippen molar-refractivity contribution < 1.29 is 14.3 Å². The third kappa shape index (κ3) is 5.03. The Hall–Kier alpha value is -4.26. The van der Waals surface area contributed by atoms with E-state index in [1.807, 2.05) is 53.4 Å². The number of anilines is 3. The number of carbonyl (C=O) groups is 1. The van der Waals surface area contributed by atoms with E-state index >= 15 is 0 Å². The minimum absolute atomic E-state index is 0.0130. The van der Waals surface area contributed by atoms with E-state index in [-0.39, 0.29) is 11.9 Å². The molecule has 1 aromatic heterocycles. The van der Waals surface area contributed by atoms with Gasteiger partial charge in [-0.1, -0.05) is 30.3 Å². The Kier molecular flexibility index (Phi) is 6.86. The van der Waals surface area contributed by atoms with Crippen LogP contribution in [-0.4, -0.2) is 55.7 Å². The number of aryl methyl sites for hydroxylation is 1. The smallest absolute Gasteiger partial charge is 0.254 e. The largest absolute Gasteiger partial charge is 0.497 e. The minimum Gasteiger partial charge on any atom is -0.497 e. The molecule has 0 spiro atoms. The summed E-state index contributed by atoms with van der Waals surface area (Å²) >= 11 is 0. The summed E-state index contributed by atoms with van der Waals surface area (Å²) in [6, 6.07) is 23.9. The number of methoxy groups -OCH3 is 2. The van der Waals surface area contributed by atoms with Gasteiger partial charge in [0.1, 0.15) is 17.3 Å². The van der Waals surface area contributed by atoms with Crippen LogP contribution in [-0.2, 0) is 0 Å². The van der Waals surface area contributed by atoms with Crippen molar-refractivity contribution in [2.45, 2.75) is 19.9 Å². The van der Waals surface area contributed by atoms with E-state index in [2.05, 4.69) is 48.3 Å². The van der Waals surface area contributed by atoms with Crippen LogP contribution in [0, 0.1) is 6.92 Å². The number of rotatable bonds is 6. The molecule has 0 saturated carbocycles. The normalized spacial score (nSPS) is 15.5. The standard InChI is InChI=1S/C30H32N4O3/c1-20-8-7-9-22(16-20)34-15-14-33(19-21(34)2)30(35)25-18-29(31-26-11-6-5-10-24(25)26)32-27-13-12-23(36-3)17-28(27)37-4/h5-13,16-18,21H,14-15,19H2,1-4H3,(H,31,32)/t21-/m1/s1. The highest BCUT2D eigenvalue weighted by molar-refractivity contribution is 6.07. The summed E-state index contributed by atoms with van der Waals surface area (Å²) in [6.07, 6.45) is 0. The first kappa shape index (κ1) is 24.4. The zero-order valence-electron chi connectivity index (χ0n) is 21.7. The molecule has 1 amide bonds. The zero-order valence-corrected chi connectivity index (χ0v) is 21.7. The molecule has 0 aliphatic carbocycles. The van der Waals surface area contributed by atoms with E-state index < -0.39 is 0 Å². The number of pyridine rings is 1. The number of nitrogens with one attached hydrogen (secondary N) is 1. The summed E-state index contributed by atoms with van der Waals surface area (Å²) in [7, 11) is 3.23. The molecule has 37 heavy (non-hydrogen) atoms. The summed E-state index contributed by atoms with van der Waals surface area (Å²) in [6.45, 7) is 6.37. The van der Waals surface area contributed by atoms with E-state index in [0.29, 0.717) is 36.0 Å². The number of hydrogen-bond donors (Lipinski definition) is 1. The number of ether oxygens (including phenoxy) is 2. The second-order valence-corrected chi connectivity index (χ2v) is 9.40. The molecule has 1 saturated heterocycles. The van der Waals surface area contributed by atoms with Crippen LogP contribution in [0.2, 0.25) is 0 Å². The molecule has 0 radical (unpaired) electrons. The van der Waals surface area contributed by atoms with Crippen molar-refractivity contribution in [2.24, 2.45) is 0 Å². The number of benzene rings is 3. The van der Waals surface area contributed by atoms with Crippen molar-refractivity contribution in [3.8, 4) is 11.5 Å². The van der Waals surface area contributed by atoms with E-state index in [9.17, 15) is 4.79 Å². The van der Waals surface area contributed by atoms with Gasteiger partial charge in [-0.2, -0.15) is 0 Å². The van der Waals surface area contributed by atoms with E-state index in [1.54, 1.807) is 14.2 Å². The summed E-state index contributed by atoms with van der Waals surface area (Å²) in [5, 5.41) is 4.18. The van der Waals surface area contributed by atoms with Crippen molar-refractivity contribution in [1.82, 2.24) is 9.88 Å². The monoisotopic (exact) mass is 496 g/mol. The number of nitrogens with zero attached hydrogens (tertiary/aromatic N) is 3. The highest BCUT2D eigenvalue weighted by atomic mass is 16.5. The number of carbonyl (C=O) groups excluding carboxylic acids is 1. The Balaban J connectivity index is 1.43. The fraction of sp³-hybridized carbons (Fsp3) is 0.267. The van der Waals surface area contributed by atoms with Crippen molar-refractivity contribution in [1.29, 1.82) is 0 Å². The Labute approximate surface area is 217 Å². The first-order chi connectivity index (χ1) is 18.0. The van der Waals surface area contributed by atoms with Crippen LogP contribution in [0.25, 0.3) is 10.9 Å². The van der Waals surface area contributed by atoms with Crippen molar-refractivity contribution in [3.05, 3.63) is 83.9 Å². The lowest BCUT2D eigenvalue weighted by Crippen LogP contribution is -2.53. The van der Waals surface area contributed by atoms with Gasteiger partial charge in [-0.05, 0) is 55.8 Å². The topological polar surface area (TPSA) is 66.9 Å². The predicted molar refractivity (Wildman–Crippen MR) is 148 cm³/mol. The lowest BCUT2D eigenvalue weighted by Gasteiger charge is -2.41. The van der Waals surface area contributed by atoms with Crippen LogP contribution in [0.3, 0.4) is 0 Å². The molecule has 1 fully saturated rings. The summed E-state index contributed by atoms with van der Waals surface area (Å²) < 4.78 is 10.8. The Morgan fingerprint density at radius 3 is 2.57 bits per heavy atom. The van der Waals surface area contributed by atoms with Crippen LogP contribution in [0.1, 0.15) is 22.8 Å². The molecule has 1 N–H and O–H groups in total. The SMILES string of the molecule is COc1ccc(Nc2cc(C(=O)N3CCN(c4cccc(C)c4)[C@H](C)C3)c3ccccc3n2)c(OC)c1. The predicted octanol–water partition coefficient (Wildman–Crippen LogP) is 5.65. The molecule has 1 aliphatic heterocycles. The third-order valence-electron chi connectivity index (χ3n) is 6.87. The lowest BCUT2D eigenvalue weighted by molar-refractivity contribution is 0.0728. The average Bonchev–Trinajstić information content (AvgIpc) is 2.92. The molecule has 0 unspecified atom stereocenters. The fourth-order valence-corrected chi connectivity index (χ4v) is 4.96. The van der Waals surface area contributed by atoms with Crippen LogP contribution < -0.4 is 19.7 Å². The highest BCUT2D eigenvalue weighted by Gasteiger charge is 2.29. The molecular formula is C30H32N4O3. The molecule has 190 valence electrons. The highest BCUT2D eigenvalue weighted by Crippen LogP contribution is 2.33. The van der Waals surface area contributed by atoms with Crippen molar-refractivity contribution >= 4 is 34.0 Å². The molecule has 4 aromatic rings. The van der Waals surface area contributed by atoms with Gasteiger partial charge in [0, 0.05) is 42.8 Å². The molecule has 0 bridgehead atoms. The van der Waals surface area contributed by atoms with Crippen LogP contribution in [0.4, 0.5) is 17.2 Å². The molecule has 5 rings (SSSR count). The van der Waals surface area contributed by atoms with E-state index in [0.717, 1.165) is 23.1 Å². The third-order valence-corrected chi connectivity index (χ3v) is 6.87. The van der Waals surface area contributed by atoms with Gasteiger partial charge in [0.05, 0.1) is 31.0 Å². The van der Waals surface area contributed by atoms with Crippen molar-refractivity contribution in [3.63, 3.8) is 0 Å². The number of hydrogen-bond acceptors (Lipinski definition) is 6. The number of amides is 1. The second kappa shape index (κ2) is 10.4. The molecule has 1 aliphatic rings. The Morgan fingerprint density at radius 1 is 0.973 bits per heavy atom. The minimum atomic E-state index is 0.0130. The molecule has 7 nitrogen and oxygen atoms in total. The van der Waals surface area contributed by atoms with Gasteiger partial charge in [0.25, 0.3) is 5.91 Å². The molecule has 7 heteroatoms. The number of aromatic nitrogens is 1. The van der Waals surface area contributed by atoms with Gasteiger partial charge < -0.3 is 24.6 Å². The molecule has 1 atom stereocenters. The van der Waals surface area contributed by atoms with Gasteiger partial charge in [-0.25, -0.2) is 4.98 Å². The van der Waals surface area contributed by atoms with Gasteiger partial charge in [0.2, 0.25) is 0 Å². The van der Waals surface area contributed by atoms with Crippen LogP contribution in [0.5, 0.6) is 11.5 Å². The first-order valence-electron chi connectivity index (χ1n) is 12.5. The maximum Gasteiger partial charge on any atom is 0.254 e. The number of fused-ring (bicyclic) bond motifs is 1. The fourth-order valence-electron chi connectivity index (χ4n) is 4.96. The summed E-state index contributed by atoms with van der Waals surface area (Å²) in [4.78, 5) is 23.0. The van der Waals surface area contributed by atoms with E-state index in [4.69, 9.17) is 14.5 Å². The quantitative estimate of drug-likeness (QED) is 0.372. The lowest BCUT2D eigenvalue weighted by atomic mass is 10.1. The second-order valence-electron chi connectivity index (χ2n) is 9.40. The number of piperazine rings is 1. The maximum atomic E-state index is 13.9. The van der Waals surface area contributed by atoms with Crippen molar-refractivity contribution in [2.75, 3.05) is 44.1 Å². The Bertz CT molecular complexity index is 1440. The van der Waals surface area contributed by atoms with Gasteiger partial charge in [0.15, 0.2) is 0 Å². The Morgan fingerprint density at radius 2 is 1.81 bits per heavy atom. The number of para-hydroxylation sites is 1. The van der Waals surface area contributed by atoms with Crippen LogP contribution in [0.15, 0.2) is 72.8 Å². The zero-order chi connectivity index (χ0) is 25.9. The molecule has 3 aromatic carbocycles. The van der Waals surface area contributed by atoms with Crippen LogP contribution >= 0.6 is 0 Å². The average molecular weight is 497 g/mol. The first-order valence-corrected chi connectivity index (χ1v) is 12.5. The van der Waals surface area contributed by atoms with Gasteiger partial charge >= 0.3 is 0 Å². The van der Waals surface area contributed by atoms with E-state index in [1.165, 1.54) is 11.3 Å². The summed E-state index contributed by atoms with van der Waals surface area (Å²) in [5.74, 6) is 1.92. The summed E-state index contributed by atoms with van der Waals surface area (Å²) in [5.41, 5.74) is 4.57. The van der Waals surface area contributed by atoms with Gasteiger partial charge in [-0.15, -0.1) is 0 Å². The molecule has 2 heterocycles. The molecular weight excluding hydrogens is 464 g/mol. The maximum absolute atomic E-state index is 13.9.